The van der Waals surface area contributed by atoms with Crippen molar-refractivity contribution in [2.45, 2.75) is 26.6 Å². The van der Waals surface area contributed by atoms with Gasteiger partial charge < -0.3 is 18.9 Å². The van der Waals surface area contributed by atoms with E-state index >= 15 is 0 Å². The van der Waals surface area contributed by atoms with Gasteiger partial charge in [0.1, 0.15) is 0 Å². The first-order chi connectivity index (χ1) is 15.5. The fraction of sp³-hybridized carbons (Fsp3) is 0.235. The summed E-state index contributed by atoms with van der Waals surface area (Å²) in [6.45, 7) is 1.90. The highest BCUT2D eigenvalue weighted by atomic mass is 19.4. The van der Waals surface area contributed by atoms with Crippen molar-refractivity contribution < 1.29 is 59.9 Å². The molecule has 2 aromatic carbocycles. The third kappa shape index (κ3) is 6.84. The monoisotopic (exact) mass is 500 g/mol. The Morgan fingerprint density at radius 1 is 0.735 bits per heavy atom. The van der Waals surface area contributed by atoms with E-state index in [4.69, 9.17) is 0 Å². The second-order valence-corrected chi connectivity index (χ2v) is 6.24. The molecule has 0 aliphatic heterocycles. The number of halogens is 6. The molecule has 2 rings (SSSR count). The summed E-state index contributed by atoms with van der Waals surface area (Å²) in [5.74, 6) is -4.71. The van der Waals surface area contributed by atoms with Gasteiger partial charge in [-0.3, -0.25) is 20.2 Å². The van der Waals surface area contributed by atoms with Gasteiger partial charge in [-0.2, -0.15) is 0 Å². The average Bonchev–Trinajstić information content (AvgIpc) is 2.64. The summed E-state index contributed by atoms with van der Waals surface area (Å²) in [5.41, 5.74) is -2.66. The van der Waals surface area contributed by atoms with Gasteiger partial charge in [-0.05, 0) is 13.8 Å². The second kappa shape index (κ2) is 9.28. The van der Waals surface area contributed by atoms with Crippen molar-refractivity contribution in [1.82, 2.24) is 0 Å². The van der Waals surface area contributed by atoms with Gasteiger partial charge in [-0.15, -0.1) is 26.3 Å². The molecule has 0 aliphatic rings. The van der Waals surface area contributed by atoms with E-state index in [2.05, 4.69) is 18.9 Å². The summed E-state index contributed by atoms with van der Waals surface area (Å²) in [7, 11) is 0. The first kappa shape index (κ1) is 25.9. The zero-order valence-electron chi connectivity index (χ0n) is 16.6. The summed E-state index contributed by atoms with van der Waals surface area (Å²) in [6, 6.07) is 2.05. The zero-order valence-corrected chi connectivity index (χ0v) is 16.6. The first-order valence-corrected chi connectivity index (χ1v) is 8.46. The predicted octanol–water partition coefficient (Wildman–Crippen LogP) is 5.49. The molecule has 0 radical (unpaired) electrons. The molecule has 0 spiro atoms. The quantitative estimate of drug-likeness (QED) is 0.165. The fourth-order valence-corrected chi connectivity index (χ4v) is 2.50. The first-order valence-electron chi connectivity index (χ1n) is 8.46. The van der Waals surface area contributed by atoms with Crippen LogP contribution in [-0.4, -0.2) is 28.7 Å². The predicted molar refractivity (Wildman–Crippen MR) is 95.7 cm³/mol. The number of benzene rings is 2. The van der Waals surface area contributed by atoms with Crippen LogP contribution in [-0.2, 0) is 0 Å². The number of hydrogen-bond acceptors (Lipinski definition) is 9. The van der Waals surface area contributed by atoms with E-state index < -0.39 is 74.2 Å². The third-order valence-corrected chi connectivity index (χ3v) is 3.69. The van der Waals surface area contributed by atoms with Crippen LogP contribution in [0.15, 0.2) is 24.3 Å². The number of rotatable bonds is 6. The topological polar surface area (TPSA) is 140 Å². The van der Waals surface area contributed by atoms with E-state index in [1.54, 1.807) is 0 Å². The molecule has 0 aliphatic carbocycles. The van der Waals surface area contributed by atoms with Crippen LogP contribution in [0.25, 0.3) is 0 Å². The number of aryl methyl sites for hydroxylation is 2. The normalized spacial score (nSPS) is 11.5. The Hall–Kier alpha value is -4.31. The van der Waals surface area contributed by atoms with E-state index in [1.165, 1.54) is 0 Å². The molecule has 184 valence electrons. The molecule has 0 atom stereocenters. The summed E-state index contributed by atoms with van der Waals surface area (Å²) < 4.78 is 92.6. The second-order valence-electron chi connectivity index (χ2n) is 6.24. The van der Waals surface area contributed by atoms with Crippen LogP contribution in [0.5, 0.6) is 23.0 Å². The van der Waals surface area contributed by atoms with Crippen molar-refractivity contribution in [3.8, 4) is 23.0 Å². The smallest absolute Gasteiger partial charge is 0.401 e. The summed E-state index contributed by atoms with van der Waals surface area (Å²) in [6.07, 6.45) is -12.7. The van der Waals surface area contributed by atoms with Crippen molar-refractivity contribution in [3.63, 3.8) is 0 Å². The largest absolute Gasteiger partial charge is 0.573 e. The van der Waals surface area contributed by atoms with Crippen molar-refractivity contribution in [3.05, 3.63) is 55.6 Å². The third-order valence-electron chi connectivity index (χ3n) is 3.69. The Balaban J connectivity index is 2.49. The van der Waals surface area contributed by atoms with Crippen molar-refractivity contribution in [1.29, 1.82) is 0 Å². The number of non-ortho nitro benzene ring substituents is 2. The SMILES string of the molecule is Cc1cc([N+](=O)[O-])cc(OC(=O)Oc2cc([N+](=O)[O-])cc(C)c2OC(F)(F)F)c1OC(F)(F)F. The van der Waals surface area contributed by atoms with Gasteiger partial charge >= 0.3 is 18.9 Å². The molecule has 0 saturated carbocycles. The molecule has 0 N–H and O–H groups in total. The highest BCUT2D eigenvalue weighted by molar-refractivity contribution is 5.71. The Bertz CT molecular complexity index is 1060. The number of hydrogen-bond donors (Lipinski definition) is 0. The van der Waals surface area contributed by atoms with Gasteiger partial charge in [0.25, 0.3) is 11.4 Å². The molecule has 0 heterocycles. The molecular formula is C17H10F6N2O9. The maximum absolute atomic E-state index is 12.7. The number of alkyl halides is 6. The lowest BCUT2D eigenvalue weighted by molar-refractivity contribution is -0.385. The zero-order chi connectivity index (χ0) is 26.0. The molecule has 0 bridgehead atoms. The number of carbonyl (C=O) groups excluding carboxylic acids is 1. The Kier molecular flexibility index (Phi) is 7.08. The number of nitro groups is 2. The minimum absolute atomic E-state index is 0.362. The van der Waals surface area contributed by atoms with Gasteiger partial charge in [0.05, 0.1) is 22.0 Å². The molecular weight excluding hydrogens is 490 g/mol. The molecule has 34 heavy (non-hydrogen) atoms. The summed E-state index contributed by atoms with van der Waals surface area (Å²) >= 11 is 0. The molecule has 0 fully saturated rings. The number of nitro benzene ring substituents is 2. The van der Waals surface area contributed by atoms with Crippen LogP contribution in [0.2, 0.25) is 0 Å². The molecule has 0 unspecified atom stereocenters. The van der Waals surface area contributed by atoms with Gasteiger partial charge in [-0.1, -0.05) is 0 Å². The van der Waals surface area contributed by atoms with Crippen LogP contribution >= 0.6 is 0 Å². The minimum atomic E-state index is -5.33. The van der Waals surface area contributed by atoms with Crippen molar-refractivity contribution >= 4 is 17.5 Å². The summed E-state index contributed by atoms with van der Waals surface area (Å²) in [5, 5.41) is 22.0. The number of ether oxygens (including phenoxy) is 4. The van der Waals surface area contributed by atoms with Crippen LogP contribution < -0.4 is 18.9 Å². The Morgan fingerprint density at radius 3 is 1.32 bits per heavy atom. The van der Waals surface area contributed by atoms with Gasteiger partial charge in [-0.25, -0.2) is 4.79 Å². The Morgan fingerprint density at radius 2 is 1.06 bits per heavy atom. The lowest BCUT2D eigenvalue weighted by Gasteiger charge is -2.17. The van der Waals surface area contributed by atoms with Crippen LogP contribution in [0.4, 0.5) is 42.5 Å². The molecule has 0 amide bonds. The van der Waals surface area contributed by atoms with Crippen molar-refractivity contribution in [2.75, 3.05) is 0 Å². The van der Waals surface area contributed by atoms with Crippen LogP contribution in [0.1, 0.15) is 11.1 Å². The lowest BCUT2D eigenvalue weighted by Crippen LogP contribution is -2.22. The van der Waals surface area contributed by atoms with Gasteiger partial charge in [0.15, 0.2) is 23.0 Å². The van der Waals surface area contributed by atoms with Gasteiger partial charge in [0.2, 0.25) is 0 Å². The molecule has 2 aromatic rings. The molecule has 0 aromatic heterocycles. The highest BCUT2D eigenvalue weighted by Gasteiger charge is 2.36. The number of carbonyl (C=O) groups is 1. The van der Waals surface area contributed by atoms with Crippen LogP contribution in [0.3, 0.4) is 0 Å². The van der Waals surface area contributed by atoms with E-state index in [1.807, 2.05) is 0 Å². The fourth-order valence-electron chi connectivity index (χ4n) is 2.50. The lowest BCUT2D eigenvalue weighted by atomic mass is 10.2. The van der Waals surface area contributed by atoms with E-state index in [0.29, 0.717) is 24.3 Å². The molecule has 0 saturated heterocycles. The van der Waals surface area contributed by atoms with E-state index in [0.717, 1.165) is 13.8 Å². The maximum atomic E-state index is 12.7. The molecule has 11 nitrogen and oxygen atoms in total. The molecule has 17 heteroatoms. The number of nitrogens with zero attached hydrogens (tertiary/aromatic N) is 2. The van der Waals surface area contributed by atoms with E-state index in [-0.39, 0.29) is 0 Å². The average molecular weight is 500 g/mol. The van der Waals surface area contributed by atoms with Gasteiger partial charge in [0, 0.05) is 23.3 Å². The maximum Gasteiger partial charge on any atom is 0.573 e. The minimum Gasteiger partial charge on any atom is -0.401 e. The summed E-state index contributed by atoms with van der Waals surface area (Å²) in [4.78, 5) is 32.0. The highest BCUT2D eigenvalue weighted by Crippen LogP contribution is 2.41. The standard InChI is InChI=1S/C17H10F6N2O9/c1-7-3-9(24(27)28)5-11(13(7)33-16(18,19)20)31-15(26)32-12-6-10(25(29)30)4-8(2)14(12)34-17(21,22)23/h3-6H,1-2H3. The van der Waals surface area contributed by atoms with E-state index in [9.17, 15) is 51.4 Å². The Labute approximate surface area is 183 Å². The van der Waals surface area contributed by atoms with Crippen LogP contribution in [0, 0.1) is 34.1 Å². The van der Waals surface area contributed by atoms with Crippen molar-refractivity contribution in [2.24, 2.45) is 0 Å².